The van der Waals surface area contributed by atoms with E-state index in [2.05, 4.69) is 48.2 Å². The van der Waals surface area contributed by atoms with E-state index in [9.17, 15) is 4.79 Å². The average molecular weight is 455 g/mol. The molecular weight excluding hydrogens is 433 g/mol. The zero-order valence-electron chi connectivity index (χ0n) is 14.1. The fraction of sp³-hybridized carbons (Fsp3) is 0.471. The van der Waals surface area contributed by atoms with Gasteiger partial charge in [-0.2, -0.15) is 9.97 Å². The zero-order valence-corrected chi connectivity index (χ0v) is 16.3. The van der Waals surface area contributed by atoms with Crippen LogP contribution in [0.3, 0.4) is 0 Å². The van der Waals surface area contributed by atoms with Gasteiger partial charge in [0, 0.05) is 11.7 Å². The van der Waals surface area contributed by atoms with Crippen LogP contribution in [0.4, 0.5) is 17.6 Å². The van der Waals surface area contributed by atoms with Crippen molar-refractivity contribution in [2.24, 2.45) is 0 Å². The highest BCUT2D eigenvalue weighted by atomic mass is 127. The molecule has 1 aromatic heterocycles. The highest BCUT2D eigenvalue weighted by Crippen LogP contribution is 2.25. The van der Waals surface area contributed by atoms with Crippen molar-refractivity contribution in [1.82, 2.24) is 15.0 Å². The van der Waals surface area contributed by atoms with Crippen LogP contribution in [0.1, 0.15) is 38.5 Å². The van der Waals surface area contributed by atoms with Crippen LogP contribution in [0.25, 0.3) is 0 Å². The third kappa shape index (κ3) is 5.07. The largest absolute Gasteiger partial charge is 0.496 e. The summed E-state index contributed by atoms with van der Waals surface area (Å²) in [5.74, 6) is 1.55. The Balaban J connectivity index is 1.74. The normalized spacial score (nSPS) is 15.4. The molecule has 0 saturated heterocycles. The number of H-pyrrole nitrogens is 1. The Morgan fingerprint density at radius 1 is 1.20 bits per heavy atom. The predicted molar refractivity (Wildman–Crippen MR) is 107 cm³/mol. The topological polar surface area (TPSA) is 91.9 Å². The molecule has 0 atom stereocenters. The number of methoxy groups -OCH3 is 1. The number of anilines is 3. The Hall–Kier alpha value is -1.84. The molecule has 3 N–H and O–H groups in total. The number of aromatic nitrogens is 3. The molecule has 134 valence electrons. The van der Waals surface area contributed by atoms with Crippen LogP contribution in [0.5, 0.6) is 5.75 Å². The molecule has 0 radical (unpaired) electrons. The molecule has 1 heterocycles. The number of halogens is 1. The molecule has 2 aromatic rings. The Kier molecular flexibility index (Phi) is 6.11. The number of hydrogen-bond acceptors (Lipinski definition) is 6. The smallest absolute Gasteiger partial charge is 0.351 e. The summed E-state index contributed by atoms with van der Waals surface area (Å²) in [6.07, 6.45) is 7.15. The first-order valence-corrected chi connectivity index (χ1v) is 9.57. The number of aromatic amines is 1. The third-order valence-electron chi connectivity index (χ3n) is 4.25. The van der Waals surface area contributed by atoms with E-state index < -0.39 is 5.69 Å². The van der Waals surface area contributed by atoms with E-state index in [-0.39, 0.29) is 0 Å². The van der Waals surface area contributed by atoms with Gasteiger partial charge < -0.3 is 15.4 Å². The molecular formula is C17H22IN5O2. The van der Waals surface area contributed by atoms with Crippen molar-refractivity contribution in [1.29, 1.82) is 0 Å². The molecule has 1 saturated carbocycles. The summed E-state index contributed by atoms with van der Waals surface area (Å²) in [5, 5.41) is 6.43. The molecule has 1 aliphatic rings. The highest BCUT2D eigenvalue weighted by Gasteiger charge is 2.14. The van der Waals surface area contributed by atoms with Gasteiger partial charge in [-0.15, -0.1) is 0 Å². The number of benzene rings is 1. The highest BCUT2D eigenvalue weighted by molar-refractivity contribution is 14.1. The summed E-state index contributed by atoms with van der Waals surface area (Å²) in [6, 6.07) is 6.01. The molecule has 0 unspecified atom stereocenters. The van der Waals surface area contributed by atoms with E-state index >= 15 is 0 Å². The fourth-order valence-electron chi connectivity index (χ4n) is 3.00. The molecule has 3 rings (SSSR count). The van der Waals surface area contributed by atoms with Crippen molar-refractivity contribution in [3.05, 3.63) is 32.3 Å². The quantitative estimate of drug-likeness (QED) is 0.471. The standard InChI is InChI=1S/C17H22IN5O2/c1-25-14-9-8-12(10-13(14)18)20-16-21-15(22-17(24)23-16)19-11-6-4-2-3-5-7-11/h8-11H,2-7H2,1H3,(H3,19,20,21,22,23,24). The van der Waals surface area contributed by atoms with Gasteiger partial charge in [0.1, 0.15) is 5.75 Å². The summed E-state index contributed by atoms with van der Waals surface area (Å²) >= 11 is 2.20. The van der Waals surface area contributed by atoms with Gasteiger partial charge in [0.05, 0.1) is 10.7 Å². The van der Waals surface area contributed by atoms with E-state index in [0.717, 1.165) is 27.8 Å². The Morgan fingerprint density at radius 3 is 2.64 bits per heavy atom. The summed E-state index contributed by atoms with van der Waals surface area (Å²) in [5.41, 5.74) is 0.400. The van der Waals surface area contributed by atoms with Gasteiger partial charge >= 0.3 is 5.69 Å². The van der Waals surface area contributed by atoms with Gasteiger partial charge in [0.15, 0.2) is 0 Å². The van der Waals surface area contributed by atoms with E-state index in [1.165, 1.54) is 25.7 Å². The SMILES string of the molecule is COc1ccc(Nc2nc(NC3CCCCCC3)nc(=O)[nH]2)cc1I. The predicted octanol–water partition coefficient (Wildman–Crippen LogP) is 3.66. The van der Waals surface area contributed by atoms with Gasteiger partial charge in [0.2, 0.25) is 11.9 Å². The summed E-state index contributed by atoms with van der Waals surface area (Å²) in [4.78, 5) is 22.9. The number of rotatable bonds is 5. The molecule has 1 aromatic carbocycles. The van der Waals surface area contributed by atoms with Gasteiger partial charge in [0.25, 0.3) is 0 Å². The first-order valence-electron chi connectivity index (χ1n) is 8.49. The number of nitrogens with zero attached hydrogens (tertiary/aromatic N) is 2. The van der Waals surface area contributed by atoms with Gasteiger partial charge in [-0.25, -0.2) is 4.79 Å². The van der Waals surface area contributed by atoms with Crippen LogP contribution in [0.15, 0.2) is 23.0 Å². The maximum absolute atomic E-state index is 11.9. The number of nitrogens with one attached hydrogen (secondary N) is 3. The molecule has 8 heteroatoms. The van der Waals surface area contributed by atoms with Gasteiger partial charge in [-0.1, -0.05) is 25.7 Å². The minimum absolute atomic E-state index is 0.332. The molecule has 1 aliphatic carbocycles. The first-order chi connectivity index (χ1) is 12.1. The number of ether oxygens (including phenoxy) is 1. The van der Waals surface area contributed by atoms with Gasteiger partial charge in [-0.3, -0.25) is 4.98 Å². The van der Waals surface area contributed by atoms with Crippen LogP contribution in [0, 0.1) is 3.57 Å². The van der Waals surface area contributed by atoms with Crippen molar-refractivity contribution in [2.75, 3.05) is 17.7 Å². The van der Waals surface area contributed by atoms with Crippen molar-refractivity contribution < 1.29 is 4.74 Å². The molecule has 7 nitrogen and oxygen atoms in total. The second-order valence-corrected chi connectivity index (χ2v) is 7.30. The first kappa shape index (κ1) is 18.0. The lowest BCUT2D eigenvalue weighted by Gasteiger charge is -2.16. The molecule has 0 aliphatic heterocycles. The maximum atomic E-state index is 11.9. The lowest BCUT2D eigenvalue weighted by molar-refractivity contribution is 0.412. The zero-order chi connectivity index (χ0) is 17.6. The van der Waals surface area contributed by atoms with E-state index in [1.54, 1.807) is 7.11 Å². The van der Waals surface area contributed by atoms with Crippen LogP contribution in [-0.4, -0.2) is 28.1 Å². The van der Waals surface area contributed by atoms with Crippen LogP contribution < -0.4 is 21.1 Å². The fourth-order valence-corrected chi connectivity index (χ4v) is 3.73. The van der Waals surface area contributed by atoms with E-state index in [4.69, 9.17) is 4.74 Å². The molecule has 25 heavy (non-hydrogen) atoms. The summed E-state index contributed by atoms with van der Waals surface area (Å²) < 4.78 is 6.23. The van der Waals surface area contributed by atoms with Crippen LogP contribution in [-0.2, 0) is 0 Å². The lowest BCUT2D eigenvalue weighted by atomic mass is 10.1. The average Bonchev–Trinajstić information content (AvgIpc) is 2.83. The van der Waals surface area contributed by atoms with Crippen LogP contribution >= 0.6 is 22.6 Å². The Bertz CT molecular complexity index is 772. The van der Waals surface area contributed by atoms with Crippen molar-refractivity contribution in [3.63, 3.8) is 0 Å². The van der Waals surface area contributed by atoms with Crippen molar-refractivity contribution >= 4 is 40.2 Å². The monoisotopic (exact) mass is 455 g/mol. The Labute approximate surface area is 160 Å². The van der Waals surface area contributed by atoms with E-state index in [0.29, 0.717) is 17.9 Å². The molecule has 1 fully saturated rings. The van der Waals surface area contributed by atoms with Gasteiger partial charge in [-0.05, 0) is 53.6 Å². The Morgan fingerprint density at radius 2 is 1.96 bits per heavy atom. The van der Waals surface area contributed by atoms with Crippen LogP contribution in [0.2, 0.25) is 0 Å². The molecule has 0 spiro atoms. The summed E-state index contributed by atoms with van der Waals surface area (Å²) in [6.45, 7) is 0. The van der Waals surface area contributed by atoms with Crippen molar-refractivity contribution in [3.8, 4) is 5.75 Å². The molecule has 0 amide bonds. The second-order valence-electron chi connectivity index (χ2n) is 6.13. The minimum atomic E-state index is -0.420. The minimum Gasteiger partial charge on any atom is -0.496 e. The molecule has 0 bridgehead atoms. The summed E-state index contributed by atoms with van der Waals surface area (Å²) in [7, 11) is 1.64. The maximum Gasteiger partial charge on any atom is 0.351 e. The second kappa shape index (κ2) is 8.50. The lowest BCUT2D eigenvalue weighted by Crippen LogP contribution is -2.24. The van der Waals surface area contributed by atoms with Crippen molar-refractivity contribution in [2.45, 2.75) is 44.6 Å². The number of hydrogen-bond donors (Lipinski definition) is 3. The third-order valence-corrected chi connectivity index (χ3v) is 5.10. The van der Waals surface area contributed by atoms with E-state index in [1.807, 2.05) is 18.2 Å².